The molecule has 31 heavy (non-hydrogen) atoms. The zero-order chi connectivity index (χ0) is 21.7. The number of benzene rings is 3. The summed E-state index contributed by atoms with van der Waals surface area (Å²) < 4.78 is 0.907. The maximum atomic E-state index is 12.8. The first kappa shape index (κ1) is 19.8. The van der Waals surface area contributed by atoms with Gasteiger partial charge in [-0.25, -0.2) is 4.90 Å². The largest absolute Gasteiger partial charge is 0.320 e. The predicted octanol–water partition coefficient (Wildman–Crippen LogP) is 6.26. The number of amides is 3. The highest BCUT2D eigenvalue weighted by Gasteiger charge is 2.36. The molecule has 0 saturated carbocycles. The molecule has 1 N–H and O–H groups in total. The molecule has 8 heteroatoms. The lowest BCUT2D eigenvalue weighted by Crippen LogP contribution is -2.29. The van der Waals surface area contributed by atoms with Gasteiger partial charge in [0.1, 0.15) is 4.88 Å². The molecule has 152 valence electrons. The van der Waals surface area contributed by atoms with Crippen LogP contribution in [0.1, 0.15) is 30.4 Å². The summed E-state index contributed by atoms with van der Waals surface area (Å²) in [6.45, 7) is 0. The van der Waals surface area contributed by atoms with Crippen LogP contribution in [0.25, 0.3) is 10.1 Å². The van der Waals surface area contributed by atoms with Crippen LogP contribution in [0.15, 0.2) is 66.7 Å². The Labute approximate surface area is 190 Å². The van der Waals surface area contributed by atoms with Gasteiger partial charge in [-0.15, -0.1) is 11.3 Å². The Kier molecular flexibility index (Phi) is 4.78. The predicted molar refractivity (Wildman–Crippen MR) is 124 cm³/mol. The van der Waals surface area contributed by atoms with Crippen molar-refractivity contribution in [1.29, 1.82) is 0 Å². The minimum atomic E-state index is -0.412. The topological polar surface area (TPSA) is 66.5 Å². The van der Waals surface area contributed by atoms with E-state index in [1.807, 2.05) is 24.3 Å². The summed E-state index contributed by atoms with van der Waals surface area (Å²) in [5.74, 6) is -1.21. The number of rotatable bonds is 3. The second-order valence-corrected chi connectivity index (χ2v) is 8.69. The SMILES string of the molecule is O=C(Nc1ccc(N2C(=O)c3ccccc3C2=O)cc1Cl)c1sc2ccccc2c1Cl. The van der Waals surface area contributed by atoms with Gasteiger partial charge in [-0.2, -0.15) is 0 Å². The number of thiophene rings is 1. The minimum absolute atomic E-state index is 0.194. The molecule has 0 aliphatic carbocycles. The van der Waals surface area contributed by atoms with Crippen molar-refractivity contribution in [2.24, 2.45) is 0 Å². The fourth-order valence-electron chi connectivity index (χ4n) is 3.51. The third kappa shape index (κ3) is 3.20. The highest BCUT2D eigenvalue weighted by atomic mass is 35.5. The van der Waals surface area contributed by atoms with Crippen molar-refractivity contribution in [2.45, 2.75) is 0 Å². The van der Waals surface area contributed by atoms with E-state index in [1.165, 1.54) is 17.4 Å². The highest BCUT2D eigenvalue weighted by molar-refractivity contribution is 7.21. The zero-order valence-corrected chi connectivity index (χ0v) is 18.0. The molecular weight excluding hydrogens is 455 g/mol. The van der Waals surface area contributed by atoms with Crippen molar-refractivity contribution in [2.75, 3.05) is 10.2 Å². The second kappa shape index (κ2) is 7.50. The molecule has 0 atom stereocenters. The normalized spacial score (nSPS) is 13.0. The molecular formula is C23H12Cl2N2O3S. The standard InChI is InChI=1S/C23H12Cl2N2O3S/c24-16-11-12(27-22(29)13-5-1-2-6-14(13)23(27)30)9-10-17(16)26-21(28)20-19(25)15-7-3-4-8-18(15)31-20/h1-11H,(H,26,28). The number of fused-ring (bicyclic) bond motifs is 2. The van der Waals surface area contributed by atoms with Gasteiger partial charge >= 0.3 is 0 Å². The van der Waals surface area contributed by atoms with E-state index >= 15 is 0 Å². The third-order valence-electron chi connectivity index (χ3n) is 4.99. The molecule has 5 rings (SSSR count). The van der Waals surface area contributed by atoms with Gasteiger partial charge < -0.3 is 5.32 Å². The molecule has 1 aromatic heterocycles. The van der Waals surface area contributed by atoms with E-state index in [4.69, 9.17) is 23.2 Å². The smallest absolute Gasteiger partial charge is 0.267 e. The maximum absolute atomic E-state index is 12.8. The van der Waals surface area contributed by atoms with E-state index in [0.29, 0.717) is 32.4 Å². The lowest BCUT2D eigenvalue weighted by molar-refractivity contribution is 0.0925. The number of carbonyl (C=O) groups is 3. The molecule has 5 nitrogen and oxygen atoms in total. The van der Waals surface area contributed by atoms with Crippen LogP contribution in [-0.4, -0.2) is 17.7 Å². The Bertz CT molecular complexity index is 1380. The Morgan fingerprint density at radius 3 is 2.16 bits per heavy atom. The number of hydrogen-bond donors (Lipinski definition) is 1. The second-order valence-electron chi connectivity index (χ2n) is 6.85. The van der Waals surface area contributed by atoms with Gasteiger partial charge in [-0.3, -0.25) is 14.4 Å². The molecule has 2 heterocycles. The van der Waals surface area contributed by atoms with Crippen LogP contribution < -0.4 is 10.2 Å². The molecule has 0 fully saturated rings. The first-order chi connectivity index (χ1) is 15.0. The quantitative estimate of drug-likeness (QED) is 0.362. The van der Waals surface area contributed by atoms with E-state index in [1.54, 1.807) is 36.4 Å². The van der Waals surface area contributed by atoms with Gasteiger partial charge in [0.15, 0.2) is 0 Å². The summed E-state index contributed by atoms with van der Waals surface area (Å²) in [7, 11) is 0. The molecule has 0 bridgehead atoms. The average molecular weight is 467 g/mol. The summed E-state index contributed by atoms with van der Waals surface area (Å²) >= 11 is 14.0. The van der Waals surface area contributed by atoms with E-state index in [-0.39, 0.29) is 10.9 Å². The molecule has 0 saturated heterocycles. The van der Waals surface area contributed by atoms with Gasteiger partial charge in [0.2, 0.25) is 0 Å². The fourth-order valence-corrected chi connectivity index (χ4v) is 5.14. The first-order valence-corrected chi connectivity index (χ1v) is 10.8. The van der Waals surface area contributed by atoms with Gasteiger partial charge in [0, 0.05) is 10.1 Å². The van der Waals surface area contributed by atoms with Crippen molar-refractivity contribution in [1.82, 2.24) is 0 Å². The Balaban J connectivity index is 1.43. The molecule has 4 aromatic rings. The molecule has 1 aliphatic heterocycles. The van der Waals surface area contributed by atoms with Crippen molar-refractivity contribution in [3.8, 4) is 0 Å². The van der Waals surface area contributed by atoms with E-state index < -0.39 is 11.8 Å². The number of anilines is 2. The highest BCUT2D eigenvalue weighted by Crippen LogP contribution is 2.37. The van der Waals surface area contributed by atoms with Crippen LogP contribution in [0.2, 0.25) is 10.0 Å². The van der Waals surface area contributed by atoms with Crippen LogP contribution in [-0.2, 0) is 0 Å². The lowest BCUT2D eigenvalue weighted by atomic mass is 10.1. The van der Waals surface area contributed by atoms with Gasteiger partial charge in [0.05, 0.1) is 32.5 Å². The molecule has 0 unspecified atom stereocenters. The van der Waals surface area contributed by atoms with Gasteiger partial charge in [-0.1, -0.05) is 53.5 Å². The molecule has 0 radical (unpaired) electrons. The van der Waals surface area contributed by atoms with E-state index in [9.17, 15) is 14.4 Å². The third-order valence-corrected chi connectivity index (χ3v) is 6.98. The number of nitrogens with zero attached hydrogens (tertiary/aromatic N) is 1. The Morgan fingerprint density at radius 1 is 0.871 bits per heavy atom. The summed E-state index contributed by atoms with van der Waals surface area (Å²) in [5.41, 5.74) is 1.37. The average Bonchev–Trinajstić information content (AvgIpc) is 3.24. The molecule has 0 spiro atoms. The van der Waals surface area contributed by atoms with Crippen molar-refractivity contribution in [3.05, 3.63) is 92.8 Å². The number of nitrogens with one attached hydrogen (secondary N) is 1. The monoisotopic (exact) mass is 466 g/mol. The Hall–Kier alpha value is -3.19. The van der Waals surface area contributed by atoms with Crippen LogP contribution in [0.4, 0.5) is 11.4 Å². The number of imide groups is 1. The number of halogens is 2. The summed E-state index contributed by atoms with van der Waals surface area (Å²) in [6, 6.07) is 18.7. The minimum Gasteiger partial charge on any atom is -0.320 e. The molecule has 1 aliphatic rings. The van der Waals surface area contributed by atoms with Crippen molar-refractivity contribution in [3.63, 3.8) is 0 Å². The number of hydrogen-bond acceptors (Lipinski definition) is 4. The molecule has 3 amide bonds. The molecule has 3 aromatic carbocycles. The van der Waals surface area contributed by atoms with Crippen LogP contribution >= 0.6 is 34.5 Å². The fraction of sp³-hybridized carbons (Fsp3) is 0. The van der Waals surface area contributed by atoms with Gasteiger partial charge in [0.25, 0.3) is 17.7 Å². The van der Waals surface area contributed by atoms with Crippen molar-refractivity contribution >= 4 is 73.7 Å². The number of carbonyl (C=O) groups excluding carboxylic acids is 3. The maximum Gasteiger partial charge on any atom is 0.267 e. The zero-order valence-electron chi connectivity index (χ0n) is 15.7. The Morgan fingerprint density at radius 2 is 1.52 bits per heavy atom. The summed E-state index contributed by atoms with van der Waals surface area (Å²) in [5, 5.41) is 4.14. The van der Waals surface area contributed by atoms with Crippen LogP contribution in [0.3, 0.4) is 0 Å². The van der Waals surface area contributed by atoms with Crippen LogP contribution in [0.5, 0.6) is 0 Å². The van der Waals surface area contributed by atoms with E-state index in [2.05, 4.69) is 5.32 Å². The van der Waals surface area contributed by atoms with E-state index in [0.717, 1.165) is 15.0 Å². The van der Waals surface area contributed by atoms with Crippen molar-refractivity contribution < 1.29 is 14.4 Å². The van der Waals surface area contributed by atoms with Crippen LogP contribution in [0, 0.1) is 0 Å². The lowest BCUT2D eigenvalue weighted by Gasteiger charge is -2.15. The first-order valence-electron chi connectivity index (χ1n) is 9.21. The summed E-state index contributed by atoms with van der Waals surface area (Å²) in [6.07, 6.45) is 0. The summed E-state index contributed by atoms with van der Waals surface area (Å²) in [4.78, 5) is 39.6. The van der Waals surface area contributed by atoms with Gasteiger partial charge in [-0.05, 0) is 36.4 Å².